The SMILES string of the molecule is Cc1nc(NS(=O)(=O)c2ccc(Br)cc2)sc1C. The molecule has 0 amide bonds. The normalized spacial score (nSPS) is 11.5. The van der Waals surface area contributed by atoms with E-state index in [2.05, 4.69) is 25.6 Å². The molecule has 18 heavy (non-hydrogen) atoms. The van der Waals surface area contributed by atoms with Gasteiger partial charge in [-0.15, -0.1) is 11.3 Å². The van der Waals surface area contributed by atoms with E-state index in [0.29, 0.717) is 5.13 Å². The molecule has 7 heteroatoms. The standard InChI is InChI=1S/C11H11BrN2O2S2/c1-7-8(2)17-11(13-7)14-18(15,16)10-5-3-9(12)4-6-10/h3-6H,1-2H3,(H,13,14). The van der Waals surface area contributed by atoms with Crippen molar-refractivity contribution in [2.24, 2.45) is 0 Å². The minimum Gasteiger partial charge on any atom is -0.255 e. The molecule has 2 rings (SSSR count). The Hall–Kier alpha value is -0.920. The summed E-state index contributed by atoms with van der Waals surface area (Å²) in [6.45, 7) is 3.76. The van der Waals surface area contributed by atoms with Gasteiger partial charge in [-0.1, -0.05) is 15.9 Å². The zero-order chi connectivity index (χ0) is 13.3. The zero-order valence-corrected chi connectivity index (χ0v) is 13.0. The number of anilines is 1. The van der Waals surface area contributed by atoms with Gasteiger partial charge >= 0.3 is 0 Å². The Kier molecular flexibility index (Phi) is 3.74. The Morgan fingerprint density at radius 3 is 2.33 bits per heavy atom. The maximum Gasteiger partial charge on any atom is 0.263 e. The number of hydrogen-bond donors (Lipinski definition) is 1. The third-order valence-electron chi connectivity index (χ3n) is 2.37. The molecule has 0 saturated carbocycles. The maximum atomic E-state index is 12.1. The second kappa shape index (κ2) is 4.99. The lowest BCUT2D eigenvalue weighted by Gasteiger charge is -2.04. The number of sulfonamides is 1. The highest BCUT2D eigenvalue weighted by Crippen LogP contribution is 2.24. The van der Waals surface area contributed by atoms with Crippen LogP contribution in [-0.2, 0) is 10.0 Å². The van der Waals surface area contributed by atoms with Crippen LogP contribution >= 0.6 is 27.3 Å². The van der Waals surface area contributed by atoms with E-state index in [4.69, 9.17) is 0 Å². The number of nitrogens with one attached hydrogen (secondary N) is 1. The van der Waals surface area contributed by atoms with Crippen molar-refractivity contribution in [3.8, 4) is 0 Å². The zero-order valence-electron chi connectivity index (χ0n) is 9.77. The van der Waals surface area contributed by atoms with Crippen molar-refractivity contribution in [3.63, 3.8) is 0 Å². The molecule has 1 aromatic carbocycles. The average molecular weight is 347 g/mol. The quantitative estimate of drug-likeness (QED) is 0.927. The molecule has 0 aliphatic heterocycles. The van der Waals surface area contributed by atoms with E-state index in [9.17, 15) is 8.42 Å². The van der Waals surface area contributed by atoms with Gasteiger partial charge < -0.3 is 0 Å². The molecule has 1 heterocycles. The van der Waals surface area contributed by atoms with Crippen molar-refractivity contribution in [1.29, 1.82) is 0 Å². The Labute approximate surface area is 118 Å². The van der Waals surface area contributed by atoms with Gasteiger partial charge in [-0.25, -0.2) is 13.4 Å². The van der Waals surface area contributed by atoms with E-state index in [1.165, 1.54) is 11.3 Å². The van der Waals surface area contributed by atoms with Gasteiger partial charge in [0.2, 0.25) is 0 Å². The van der Waals surface area contributed by atoms with Gasteiger partial charge in [-0.3, -0.25) is 4.72 Å². The smallest absolute Gasteiger partial charge is 0.255 e. The molecule has 0 atom stereocenters. The van der Waals surface area contributed by atoms with Crippen LogP contribution in [0.4, 0.5) is 5.13 Å². The first-order valence-electron chi connectivity index (χ1n) is 5.11. The second-order valence-electron chi connectivity index (χ2n) is 3.72. The van der Waals surface area contributed by atoms with Gasteiger partial charge in [0.1, 0.15) is 0 Å². The summed E-state index contributed by atoms with van der Waals surface area (Å²) in [5, 5.41) is 0.396. The first-order valence-corrected chi connectivity index (χ1v) is 8.20. The minimum absolute atomic E-state index is 0.219. The molecule has 4 nitrogen and oxygen atoms in total. The van der Waals surface area contributed by atoms with Crippen molar-refractivity contribution in [2.45, 2.75) is 18.7 Å². The van der Waals surface area contributed by atoms with Crippen LogP contribution < -0.4 is 4.72 Å². The van der Waals surface area contributed by atoms with E-state index < -0.39 is 10.0 Å². The molecule has 2 aromatic rings. The molecule has 0 unspecified atom stereocenters. The van der Waals surface area contributed by atoms with Gasteiger partial charge in [0.25, 0.3) is 10.0 Å². The Morgan fingerprint density at radius 1 is 1.22 bits per heavy atom. The third kappa shape index (κ3) is 2.90. The third-order valence-corrected chi connectivity index (χ3v) is 5.38. The van der Waals surface area contributed by atoms with E-state index >= 15 is 0 Å². The summed E-state index contributed by atoms with van der Waals surface area (Å²) in [6, 6.07) is 6.46. The van der Waals surface area contributed by atoms with Crippen molar-refractivity contribution in [3.05, 3.63) is 39.3 Å². The summed E-state index contributed by atoms with van der Waals surface area (Å²) >= 11 is 4.59. The number of halogens is 1. The number of thiazole rings is 1. The summed E-state index contributed by atoms with van der Waals surface area (Å²) in [6.07, 6.45) is 0. The fourth-order valence-electron chi connectivity index (χ4n) is 1.30. The minimum atomic E-state index is -3.56. The second-order valence-corrected chi connectivity index (χ2v) is 7.52. The predicted octanol–water partition coefficient (Wildman–Crippen LogP) is 3.32. The van der Waals surface area contributed by atoms with Gasteiger partial charge in [-0.05, 0) is 38.1 Å². The number of aromatic nitrogens is 1. The van der Waals surface area contributed by atoms with Crippen LogP contribution in [0, 0.1) is 13.8 Å². The van der Waals surface area contributed by atoms with Crippen LogP contribution in [0.15, 0.2) is 33.6 Å². The summed E-state index contributed by atoms with van der Waals surface area (Å²) in [4.78, 5) is 5.38. The van der Waals surface area contributed by atoms with E-state index in [1.54, 1.807) is 24.3 Å². The fraction of sp³-hybridized carbons (Fsp3) is 0.182. The van der Waals surface area contributed by atoms with Crippen LogP contribution in [0.2, 0.25) is 0 Å². The number of benzene rings is 1. The van der Waals surface area contributed by atoms with Crippen molar-refractivity contribution in [1.82, 2.24) is 4.98 Å². The van der Waals surface area contributed by atoms with Gasteiger partial charge in [-0.2, -0.15) is 0 Å². The summed E-state index contributed by atoms with van der Waals surface area (Å²) in [5.74, 6) is 0. The van der Waals surface area contributed by atoms with Gasteiger partial charge in [0.15, 0.2) is 5.13 Å². The highest BCUT2D eigenvalue weighted by atomic mass is 79.9. The number of nitrogens with zero attached hydrogens (tertiary/aromatic N) is 1. The predicted molar refractivity (Wildman–Crippen MR) is 76.5 cm³/mol. The number of hydrogen-bond acceptors (Lipinski definition) is 4. The van der Waals surface area contributed by atoms with E-state index in [0.717, 1.165) is 15.0 Å². The van der Waals surface area contributed by atoms with Crippen LogP contribution in [-0.4, -0.2) is 13.4 Å². The summed E-state index contributed by atoms with van der Waals surface area (Å²) in [5.41, 5.74) is 0.841. The van der Waals surface area contributed by atoms with Crippen LogP contribution in [0.1, 0.15) is 10.6 Å². The van der Waals surface area contributed by atoms with Crippen molar-refractivity contribution < 1.29 is 8.42 Å². The van der Waals surface area contributed by atoms with Crippen LogP contribution in [0.5, 0.6) is 0 Å². The highest BCUT2D eigenvalue weighted by Gasteiger charge is 2.16. The van der Waals surface area contributed by atoms with Crippen molar-refractivity contribution in [2.75, 3.05) is 4.72 Å². The molecular formula is C11H11BrN2O2S2. The van der Waals surface area contributed by atoms with Gasteiger partial charge in [0, 0.05) is 9.35 Å². The monoisotopic (exact) mass is 346 g/mol. The first-order chi connectivity index (χ1) is 8.38. The van der Waals surface area contributed by atoms with E-state index in [1.807, 2.05) is 13.8 Å². The molecule has 0 saturated heterocycles. The maximum absolute atomic E-state index is 12.1. The lowest BCUT2D eigenvalue weighted by atomic mass is 10.4. The molecular weight excluding hydrogens is 336 g/mol. The molecule has 1 aromatic heterocycles. The summed E-state index contributed by atoms with van der Waals surface area (Å²) < 4.78 is 27.5. The molecule has 0 bridgehead atoms. The fourth-order valence-corrected chi connectivity index (χ4v) is 3.62. The highest BCUT2D eigenvalue weighted by molar-refractivity contribution is 9.10. The average Bonchev–Trinajstić information content (AvgIpc) is 2.57. The largest absolute Gasteiger partial charge is 0.263 e. The molecule has 0 aliphatic rings. The molecule has 0 spiro atoms. The first kappa shape index (κ1) is 13.5. The molecule has 0 aliphatic carbocycles. The Bertz CT molecular complexity index is 643. The van der Waals surface area contributed by atoms with Gasteiger partial charge in [0.05, 0.1) is 10.6 Å². The number of rotatable bonds is 3. The lowest BCUT2D eigenvalue weighted by Crippen LogP contribution is -2.12. The van der Waals surface area contributed by atoms with Crippen molar-refractivity contribution >= 4 is 42.4 Å². The molecule has 1 N–H and O–H groups in total. The molecule has 96 valence electrons. The Morgan fingerprint density at radius 2 is 1.83 bits per heavy atom. The Balaban J connectivity index is 2.29. The topological polar surface area (TPSA) is 59.1 Å². The summed E-state index contributed by atoms with van der Waals surface area (Å²) in [7, 11) is -3.56. The lowest BCUT2D eigenvalue weighted by molar-refractivity contribution is 0.601. The van der Waals surface area contributed by atoms with Crippen LogP contribution in [0.25, 0.3) is 0 Å². The molecule has 0 radical (unpaired) electrons. The molecule has 0 fully saturated rings. The van der Waals surface area contributed by atoms with Crippen LogP contribution in [0.3, 0.4) is 0 Å². The number of aryl methyl sites for hydroxylation is 2. The van der Waals surface area contributed by atoms with E-state index in [-0.39, 0.29) is 4.90 Å².